The molecule has 0 radical (unpaired) electrons. The van der Waals surface area contributed by atoms with Crippen LogP contribution in [0.25, 0.3) is 28.2 Å². The lowest BCUT2D eigenvalue weighted by atomic mass is 9.81. The summed E-state index contributed by atoms with van der Waals surface area (Å²) in [5.74, 6) is -1.14. The van der Waals surface area contributed by atoms with E-state index in [0.717, 1.165) is 66.8 Å². The maximum atomic E-state index is 14.0. The molecule has 2 aliphatic rings. The molecule has 2 aromatic heterocycles. The molecule has 0 unspecified atom stereocenters. The molecule has 49 heavy (non-hydrogen) atoms. The zero-order valence-corrected chi connectivity index (χ0v) is 28.1. The second-order valence-electron chi connectivity index (χ2n) is 13.4. The zero-order chi connectivity index (χ0) is 34.5. The number of hydrogen-bond acceptors (Lipinski definition) is 5. The first-order valence-electron chi connectivity index (χ1n) is 17.1. The number of nitrogens with zero attached hydrogens (tertiary/aromatic N) is 3. The van der Waals surface area contributed by atoms with Gasteiger partial charge in [-0.25, -0.2) is 9.78 Å². The number of carboxylic acid groups (broad SMARTS) is 1. The van der Waals surface area contributed by atoms with Gasteiger partial charge in [-0.1, -0.05) is 68.5 Å². The number of rotatable bonds is 10. The number of anilines is 1. The Morgan fingerprint density at radius 1 is 0.959 bits per heavy atom. The van der Waals surface area contributed by atoms with Crippen LogP contribution < -0.4 is 10.6 Å². The van der Waals surface area contributed by atoms with Crippen molar-refractivity contribution in [2.45, 2.75) is 75.8 Å². The minimum atomic E-state index is -1.11. The van der Waals surface area contributed by atoms with E-state index in [9.17, 15) is 19.2 Å². The van der Waals surface area contributed by atoms with E-state index in [2.05, 4.69) is 32.3 Å². The van der Waals surface area contributed by atoms with Crippen LogP contribution in [0.2, 0.25) is 0 Å². The van der Waals surface area contributed by atoms with Crippen LogP contribution in [0.5, 0.6) is 0 Å². The highest BCUT2D eigenvalue weighted by Gasteiger charge is 2.43. The molecule has 3 amide bonds. The lowest BCUT2D eigenvalue weighted by Gasteiger charge is -2.29. The van der Waals surface area contributed by atoms with Crippen molar-refractivity contribution in [3.8, 4) is 11.3 Å². The second kappa shape index (κ2) is 14.5. The Bertz CT molecular complexity index is 1880. The third-order valence-electron chi connectivity index (χ3n) is 9.91. The third-order valence-corrected chi connectivity index (χ3v) is 9.91. The van der Waals surface area contributed by atoms with Crippen molar-refractivity contribution in [3.63, 3.8) is 0 Å². The average Bonchev–Trinajstić information content (AvgIpc) is 3.71. The van der Waals surface area contributed by atoms with Gasteiger partial charge in [0.25, 0.3) is 11.8 Å². The number of hydrogen-bond donors (Lipinski definition) is 3. The first kappa shape index (κ1) is 33.6. The number of fused-ring (bicyclic) bond motifs is 1. The topological polar surface area (TPSA) is 134 Å². The first-order valence-corrected chi connectivity index (χ1v) is 17.1. The minimum absolute atomic E-state index is 0.0414. The molecule has 0 saturated heterocycles. The number of aromatic nitrogens is 2. The van der Waals surface area contributed by atoms with Crippen LogP contribution in [0.4, 0.5) is 5.82 Å². The maximum Gasteiger partial charge on any atom is 0.328 e. The summed E-state index contributed by atoms with van der Waals surface area (Å²) >= 11 is 0. The van der Waals surface area contributed by atoms with Crippen molar-refractivity contribution in [1.82, 2.24) is 19.8 Å². The molecule has 10 nitrogen and oxygen atoms in total. The van der Waals surface area contributed by atoms with E-state index in [-0.39, 0.29) is 24.3 Å². The van der Waals surface area contributed by atoms with Gasteiger partial charge < -0.3 is 25.2 Å². The van der Waals surface area contributed by atoms with Gasteiger partial charge in [0.1, 0.15) is 17.9 Å². The maximum absolute atomic E-state index is 14.0. The zero-order valence-electron chi connectivity index (χ0n) is 28.1. The molecule has 2 saturated carbocycles. The van der Waals surface area contributed by atoms with Crippen LogP contribution in [-0.4, -0.2) is 62.9 Å². The molecule has 3 N–H and O–H groups in total. The Balaban J connectivity index is 1.35. The number of pyridine rings is 1. The largest absolute Gasteiger partial charge is 0.478 e. The second-order valence-corrected chi connectivity index (χ2v) is 13.4. The van der Waals surface area contributed by atoms with E-state index in [4.69, 9.17) is 5.11 Å². The van der Waals surface area contributed by atoms with Crippen LogP contribution >= 0.6 is 0 Å². The van der Waals surface area contributed by atoms with Gasteiger partial charge in [0.15, 0.2) is 0 Å². The van der Waals surface area contributed by atoms with Gasteiger partial charge in [-0.15, -0.1) is 0 Å². The number of aliphatic carboxylic acids is 1. The first-order chi connectivity index (χ1) is 23.6. The highest BCUT2D eigenvalue weighted by atomic mass is 16.4. The van der Waals surface area contributed by atoms with Crippen molar-refractivity contribution in [1.29, 1.82) is 0 Å². The van der Waals surface area contributed by atoms with Gasteiger partial charge in [-0.2, -0.15) is 0 Å². The lowest BCUT2D eigenvalue weighted by Crippen LogP contribution is -2.55. The van der Waals surface area contributed by atoms with Crippen LogP contribution in [0.15, 0.2) is 72.9 Å². The van der Waals surface area contributed by atoms with Crippen molar-refractivity contribution >= 4 is 46.5 Å². The number of nitrogens with one attached hydrogen (secondary N) is 2. The number of likely N-dealkylation sites (N-methyl/N-ethyl adjacent to an activating group) is 1. The summed E-state index contributed by atoms with van der Waals surface area (Å²) in [5, 5.41) is 15.9. The summed E-state index contributed by atoms with van der Waals surface area (Å²) < 4.78 is 2.08. The molecule has 2 aromatic carbocycles. The molecule has 2 aliphatic carbocycles. The fourth-order valence-electron chi connectivity index (χ4n) is 7.33. The highest BCUT2D eigenvalue weighted by Crippen LogP contribution is 2.44. The Morgan fingerprint density at radius 3 is 2.35 bits per heavy atom. The number of carboxylic acids is 1. The summed E-state index contributed by atoms with van der Waals surface area (Å²) in [6.45, 7) is 0.135. The monoisotopic (exact) mass is 661 g/mol. The van der Waals surface area contributed by atoms with Crippen molar-refractivity contribution < 1.29 is 24.3 Å². The predicted octanol–water partition coefficient (Wildman–Crippen LogP) is 6.62. The molecule has 6 rings (SSSR count). The molecule has 10 heteroatoms. The van der Waals surface area contributed by atoms with Crippen LogP contribution in [0.3, 0.4) is 0 Å². The van der Waals surface area contributed by atoms with E-state index in [0.29, 0.717) is 35.7 Å². The Kier molecular flexibility index (Phi) is 9.94. The summed E-state index contributed by atoms with van der Waals surface area (Å²) in [6, 6.07) is 19.2. The lowest BCUT2D eigenvalue weighted by molar-refractivity contribution is -0.131. The molecular weight excluding hydrogens is 618 g/mol. The van der Waals surface area contributed by atoms with E-state index in [1.807, 2.05) is 36.4 Å². The molecular formula is C39H43N5O5. The predicted molar refractivity (Wildman–Crippen MR) is 190 cm³/mol. The van der Waals surface area contributed by atoms with Crippen molar-refractivity contribution in [2.24, 2.45) is 0 Å². The molecule has 4 aromatic rings. The van der Waals surface area contributed by atoms with Gasteiger partial charge in [0, 0.05) is 37.3 Å². The molecule has 254 valence electrons. The Labute approximate surface area is 286 Å². The summed E-state index contributed by atoms with van der Waals surface area (Å²) in [5.41, 5.74) is 4.03. The fraction of sp³-hybridized carbons (Fsp3) is 0.359. The fourth-order valence-corrected chi connectivity index (χ4v) is 7.33. The Hall–Kier alpha value is -5.25. The molecule has 0 bridgehead atoms. The summed E-state index contributed by atoms with van der Waals surface area (Å²) in [4.78, 5) is 57.7. The van der Waals surface area contributed by atoms with Gasteiger partial charge in [0.2, 0.25) is 5.91 Å². The standard InChI is InChI=1S/C39H43N5O5/c1-43(2)33(45)25-44-31-23-29(17-18-30(31)35(27-11-5-3-6-12-27)36(44)28-13-7-4-8-14-28)37(48)42-39(21-9-10-22-39)38(49)41-32-19-15-26(24-40-32)16-20-34(46)47/h4,7-8,13-20,23-24,27H,3,5-6,9-12,21-22,25H2,1-2H3,(H,42,48)(H,46,47)(H,40,41,49). The van der Waals surface area contributed by atoms with Gasteiger partial charge in [-0.3, -0.25) is 14.4 Å². The molecule has 0 spiro atoms. The minimum Gasteiger partial charge on any atom is -0.478 e. The number of benzene rings is 2. The summed E-state index contributed by atoms with van der Waals surface area (Å²) in [7, 11) is 3.51. The van der Waals surface area contributed by atoms with E-state index >= 15 is 0 Å². The smallest absolute Gasteiger partial charge is 0.328 e. The van der Waals surface area contributed by atoms with Gasteiger partial charge >= 0.3 is 5.97 Å². The summed E-state index contributed by atoms with van der Waals surface area (Å²) in [6.07, 6.45) is 12.2. The number of amides is 3. The van der Waals surface area contributed by atoms with Crippen molar-refractivity contribution in [2.75, 3.05) is 19.4 Å². The SMILES string of the molecule is CN(C)C(=O)Cn1c(-c2ccccc2)c(C2CCCCC2)c2ccc(C(=O)NC3(C(=O)Nc4ccc(C=CC(=O)O)cn4)CCCC3)cc21. The third kappa shape index (κ3) is 7.28. The molecule has 0 atom stereocenters. The normalized spacial score (nSPS) is 16.1. The van der Waals surface area contributed by atoms with Crippen LogP contribution in [0.1, 0.15) is 85.2 Å². The number of carbonyl (C=O) groups is 4. The van der Waals surface area contributed by atoms with Gasteiger partial charge in [-0.05, 0) is 78.6 Å². The Morgan fingerprint density at radius 2 is 1.69 bits per heavy atom. The molecule has 2 fully saturated rings. The van der Waals surface area contributed by atoms with E-state index < -0.39 is 11.5 Å². The number of carbonyl (C=O) groups excluding carboxylic acids is 3. The van der Waals surface area contributed by atoms with Crippen LogP contribution in [-0.2, 0) is 20.9 Å². The highest BCUT2D eigenvalue weighted by molar-refractivity contribution is 6.06. The van der Waals surface area contributed by atoms with Crippen molar-refractivity contribution in [3.05, 3.63) is 89.6 Å². The van der Waals surface area contributed by atoms with Crippen LogP contribution in [0, 0.1) is 0 Å². The quantitative estimate of drug-likeness (QED) is 0.164. The van der Waals surface area contributed by atoms with E-state index in [1.165, 1.54) is 24.3 Å². The molecule has 2 heterocycles. The van der Waals surface area contributed by atoms with E-state index in [1.54, 1.807) is 31.1 Å². The van der Waals surface area contributed by atoms with Gasteiger partial charge in [0.05, 0.1) is 11.2 Å². The average molecular weight is 662 g/mol. The molecule has 0 aliphatic heterocycles.